The van der Waals surface area contributed by atoms with Crippen LogP contribution >= 0.6 is 0 Å². The standard InChI is InChI=1S/C16H20FNO3/c1-9(2)8-18-14(19)7-12(16(20)21)15(18)11-4-5-13(17)10(3)6-11/h4-6,9,12,15H,7-8H2,1-3H3,(H,20,21). The highest BCUT2D eigenvalue weighted by Gasteiger charge is 2.44. The van der Waals surface area contributed by atoms with E-state index < -0.39 is 17.9 Å². The van der Waals surface area contributed by atoms with Gasteiger partial charge < -0.3 is 10.0 Å². The molecule has 2 rings (SSSR count). The third kappa shape index (κ3) is 3.06. The van der Waals surface area contributed by atoms with E-state index in [9.17, 15) is 19.1 Å². The molecule has 1 aliphatic heterocycles. The van der Waals surface area contributed by atoms with E-state index >= 15 is 0 Å². The molecule has 1 amide bonds. The Balaban J connectivity index is 2.43. The van der Waals surface area contributed by atoms with Gasteiger partial charge in [0.25, 0.3) is 0 Å². The van der Waals surface area contributed by atoms with Gasteiger partial charge in [-0.2, -0.15) is 0 Å². The summed E-state index contributed by atoms with van der Waals surface area (Å²) >= 11 is 0. The van der Waals surface area contributed by atoms with Gasteiger partial charge in [-0.25, -0.2) is 4.39 Å². The quantitative estimate of drug-likeness (QED) is 0.928. The van der Waals surface area contributed by atoms with Gasteiger partial charge in [-0.3, -0.25) is 9.59 Å². The average Bonchev–Trinajstić information content (AvgIpc) is 2.70. The lowest BCUT2D eigenvalue weighted by molar-refractivity contribution is -0.142. The third-order valence-electron chi connectivity index (χ3n) is 3.83. The number of hydrogen-bond donors (Lipinski definition) is 1. The Morgan fingerprint density at radius 2 is 2.14 bits per heavy atom. The molecule has 0 bridgehead atoms. The SMILES string of the molecule is Cc1cc(C2C(C(=O)O)CC(=O)N2CC(C)C)ccc1F. The van der Waals surface area contributed by atoms with Crippen molar-refractivity contribution in [3.05, 3.63) is 35.1 Å². The van der Waals surface area contributed by atoms with Crippen molar-refractivity contribution in [2.45, 2.75) is 33.2 Å². The second-order valence-corrected chi connectivity index (χ2v) is 6.04. The first-order valence-corrected chi connectivity index (χ1v) is 7.09. The van der Waals surface area contributed by atoms with Crippen LogP contribution in [0.1, 0.15) is 37.4 Å². The second-order valence-electron chi connectivity index (χ2n) is 6.04. The summed E-state index contributed by atoms with van der Waals surface area (Å²) < 4.78 is 13.4. The van der Waals surface area contributed by atoms with E-state index in [1.165, 1.54) is 6.07 Å². The van der Waals surface area contributed by atoms with Crippen molar-refractivity contribution >= 4 is 11.9 Å². The summed E-state index contributed by atoms with van der Waals surface area (Å²) in [7, 11) is 0. The van der Waals surface area contributed by atoms with E-state index in [1.54, 1.807) is 24.0 Å². The molecular formula is C16H20FNO3. The van der Waals surface area contributed by atoms with Crippen LogP contribution < -0.4 is 0 Å². The Hall–Kier alpha value is -1.91. The van der Waals surface area contributed by atoms with E-state index in [-0.39, 0.29) is 24.1 Å². The zero-order valence-electron chi connectivity index (χ0n) is 12.5. The van der Waals surface area contributed by atoms with Crippen LogP contribution in [-0.4, -0.2) is 28.4 Å². The number of carboxylic acids is 1. The van der Waals surface area contributed by atoms with Gasteiger partial charge in [-0.05, 0) is 30.0 Å². The molecule has 1 heterocycles. The second kappa shape index (κ2) is 5.84. The number of aryl methyl sites for hydroxylation is 1. The van der Waals surface area contributed by atoms with Crippen LogP contribution in [0.2, 0.25) is 0 Å². The van der Waals surface area contributed by atoms with E-state index in [4.69, 9.17) is 0 Å². The number of aliphatic carboxylic acids is 1. The molecule has 1 aromatic rings. The highest BCUT2D eigenvalue weighted by Crippen LogP contribution is 2.39. The van der Waals surface area contributed by atoms with E-state index in [2.05, 4.69) is 0 Å². The molecular weight excluding hydrogens is 273 g/mol. The molecule has 1 N–H and O–H groups in total. The van der Waals surface area contributed by atoms with Gasteiger partial charge in [-0.1, -0.05) is 26.0 Å². The van der Waals surface area contributed by atoms with E-state index in [1.807, 2.05) is 13.8 Å². The van der Waals surface area contributed by atoms with E-state index in [0.29, 0.717) is 17.7 Å². The summed E-state index contributed by atoms with van der Waals surface area (Å²) in [4.78, 5) is 25.2. The summed E-state index contributed by atoms with van der Waals surface area (Å²) in [5.74, 6) is -2.00. The summed E-state index contributed by atoms with van der Waals surface area (Å²) in [6, 6.07) is 4.04. The van der Waals surface area contributed by atoms with Crippen LogP contribution in [0.4, 0.5) is 4.39 Å². The van der Waals surface area contributed by atoms with Crippen LogP contribution in [0.25, 0.3) is 0 Å². The van der Waals surface area contributed by atoms with Crippen molar-refractivity contribution in [2.24, 2.45) is 11.8 Å². The van der Waals surface area contributed by atoms with Crippen LogP contribution in [0.5, 0.6) is 0 Å². The Kier molecular flexibility index (Phi) is 4.30. The summed E-state index contributed by atoms with van der Waals surface area (Å²) in [6.07, 6.45) is 0.00312. The number of nitrogens with zero attached hydrogens (tertiary/aromatic N) is 1. The van der Waals surface area contributed by atoms with Crippen molar-refractivity contribution < 1.29 is 19.1 Å². The zero-order chi connectivity index (χ0) is 15.7. The Bertz CT molecular complexity index is 571. The lowest BCUT2D eigenvalue weighted by atomic mass is 9.92. The van der Waals surface area contributed by atoms with Gasteiger partial charge in [0.1, 0.15) is 5.82 Å². The third-order valence-corrected chi connectivity index (χ3v) is 3.83. The summed E-state index contributed by atoms with van der Waals surface area (Å²) in [6.45, 7) is 6.10. The molecule has 2 unspecified atom stereocenters. The number of benzene rings is 1. The molecule has 1 saturated heterocycles. The summed E-state index contributed by atoms with van der Waals surface area (Å²) in [5, 5.41) is 9.39. The Morgan fingerprint density at radius 1 is 1.48 bits per heavy atom. The monoisotopic (exact) mass is 293 g/mol. The predicted molar refractivity (Wildman–Crippen MR) is 76.2 cm³/mol. The average molecular weight is 293 g/mol. The molecule has 114 valence electrons. The molecule has 0 aromatic heterocycles. The fourth-order valence-electron chi connectivity index (χ4n) is 2.88. The minimum atomic E-state index is -0.985. The molecule has 1 fully saturated rings. The minimum absolute atomic E-state index is 0.00312. The van der Waals surface area contributed by atoms with Crippen molar-refractivity contribution in [1.29, 1.82) is 0 Å². The van der Waals surface area contributed by atoms with Crippen molar-refractivity contribution in [3.8, 4) is 0 Å². The Labute approximate surface area is 123 Å². The van der Waals surface area contributed by atoms with Gasteiger partial charge in [-0.15, -0.1) is 0 Å². The maximum absolute atomic E-state index is 13.4. The predicted octanol–water partition coefficient (Wildman–Crippen LogP) is 2.76. The molecule has 0 aliphatic carbocycles. The molecule has 0 spiro atoms. The highest BCUT2D eigenvalue weighted by atomic mass is 19.1. The van der Waals surface area contributed by atoms with Crippen molar-refractivity contribution in [2.75, 3.05) is 6.54 Å². The number of likely N-dealkylation sites (tertiary alicyclic amines) is 1. The molecule has 5 heteroatoms. The lowest BCUT2D eigenvalue weighted by Crippen LogP contribution is -2.33. The Morgan fingerprint density at radius 3 is 2.67 bits per heavy atom. The maximum Gasteiger partial charge on any atom is 0.309 e. The largest absolute Gasteiger partial charge is 0.481 e. The molecule has 1 aliphatic rings. The minimum Gasteiger partial charge on any atom is -0.481 e. The topological polar surface area (TPSA) is 57.6 Å². The van der Waals surface area contributed by atoms with Gasteiger partial charge in [0, 0.05) is 13.0 Å². The number of halogens is 1. The highest BCUT2D eigenvalue weighted by molar-refractivity contribution is 5.87. The number of carbonyl (C=O) groups excluding carboxylic acids is 1. The molecule has 0 radical (unpaired) electrons. The first kappa shape index (κ1) is 15.5. The van der Waals surface area contributed by atoms with Crippen LogP contribution in [0.3, 0.4) is 0 Å². The molecule has 21 heavy (non-hydrogen) atoms. The smallest absolute Gasteiger partial charge is 0.309 e. The van der Waals surface area contributed by atoms with Crippen molar-refractivity contribution in [1.82, 2.24) is 4.90 Å². The fraction of sp³-hybridized carbons (Fsp3) is 0.500. The van der Waals surface area contributed by atoms with Crippen molar-refractivity contribution in [3.63, 3.8) is 0 Å². The normalized spacial score (nSPS) is 22.1. The molecule has 2 atom stereocenters. The number of carboxylic acid groups (broad SMARTS) is 1. The first-order valence-electron chi connectivity index (χ1n) is 7.09. The molecule has 4 nitrogen and oxygen atoms in total. The number of rotatable bonds is 4. The van der Waals surface area contributed by atoms with Crippen LogP contribution in [0, 0.1) is 24.6 Å². The first-order chi connectivity index (χ1) is 9.81. The van der Waals surface area contributed by atoms with Gasteiger partial charge >= 0.3 is 5.97 Å². The molecule has 0 saturated carbocycles. The van der Waals surface area contributed by atoms with Gasteiger partial charge in [0.15, 0.2) is 0 Å². The zero-order valence-corrected chi connectivity index (χ0v) is 12.5. The van der Waals surface area contributed by atoms with Crippen LogP contribution in [0.15, 0.2) is 18.2 Å². The van der Waals surface area contributed by atoms with Crippen LogP contribution in [-0.2, 0) is 9.59 Å². The molecule has 1 aromatic carbocycles. The number of amides is 1. The fourth-order valence-corrected chi connectivity index (χ4v) is 2.88. The summed E-state index contributed by atoms with van der Waals surface area (Å²) in [5.41, 5.74) is 1.15. The number of hydrogen-bond acceptors (Lipinski definition) is 2. The number of carbonyl (C=O) groups is 2. The van der Waals surface area contributed by atoms with Gasteiger partial charge in [0.2, 0.25) is 5.91 Å². The maximum atomic E-state index is 13.4. The lowest BCUT2D eigenvalue weighted by Gasteiger charge is -2.29. The van der Waals surface area contributed by atoms with E-state index in [0.717, 1.165) is 0 Å². The van der Waals surface area contributed by atoms with Gasteiger partial charge in [0.05, 0.1) is 12.0 Å².